The molecular weight excluding hydrogens is 169 g/mol. The Hall–Kier alpha value is -1.89. The summed E-state index contributed by atoms with van der Waals surface area (Å²) in [6.07, 6.45) is 3.25. The maximum absolute atomic E-state index is 13.2. The lowest BCUT2D eigenvalue weighted by Gasteiger charge is -1.95. The minimum absolute atomic E-state index is 0.268. The number of fused-ring (bicyclic) bond motifs is 1. The Morgan fingerprint density at radius 3 is 3.00 bits per heavy atom. The molecule has 0 aromatic carbocycles. The Balaban J connectivity index is 2.85. The zero-order valence-electron chi connectivity index (χ0n) is 6.95. The van der Waals surface area contributed by atoms with Gasteiger partial charge in [0, 0.05) is 12.4 Å². The molecule has 2 aromatic heterocycles. The van der Waals surface area contributed by atoms with E-state index in [4.69, 9.17) is 6.57 Å². The minimum atomic E-state index is -0.457. The molecule has 0 amide bonds. The summed E-state index contributed by atoms with van der Waals surface area (Å²) in [5.41, 5.74) is 1.29. The standard InChI is InChI=1S/C9H6FN3/c1-6-4-13-5-7(11-2)3-8(10)9(13)12-6/h3-5H,1H3. The summed E-state index contributed by atoms with van der Waals surface area (Å²) < 4.78 is 14.7. The van der Waals surface area contributed by atoms with Gasteiger partial charge in [0.25, 0.3) is 0 Å². The Morgan fingerprint density at radius 2 is 2.31 bits per heavy atom. The first-order chi connectivity index (χ1) is 6.20. The molecule has 0 aliphatic rings. The van der Waals surface area contributed by atoms with E-state index in [0.29, 0.717) is 0 Å². The van der Waals surface area contributed by atoms with Gasteiger partial charge in [-0.05, 0) is 13.0 Å². The van der Waals surface area contributed by atoms with Crippen molar-refractivity contribution in [3.63, 3.8) is 0 Å². The summed E-state index contributed by atoms with van der Waals surface area (Å²) in [4.78, 5) is 7.13. The van der Waals surface area contributed by atoms with Gasteiger partial charge in [-0.25, -0.2) is 14.2 Å². The van der Waals surface area contributed by atoms with Crippen LogP contribution in [0.25, 0.3) is 10.5 Å². The molecule has 0 atom stereocenters. The van der Waals surface area contributed by atoms with E-state index in [1.165, 1.54) is 10.5 Å². The second-order valence-electron chi connectivity index (χ2n) is 2.77. The molecule has 0 saturated carbocycles. The maximum Gasteiger partial charge on any atom is 0.206 e. The summed E-state index contributed by atoms with van der Waals surface area (Å²) in [7, 11) is 0. The number of hydrogen-bond acceptors (Lipinski definition) is 1. The summed E-state index contributed by atoms with van der Waals surface area (Å²) in [6.45, 7) is 8.53. The lowest BCUT2D eigenvalue weighted by atomic mass is 10.4. The summed E-state index contributed by atoms with van der Waals surface area (Å²) in [6, 6.07) is 1.19. The van der Waals surface area contributed by atoms with Crippen molar-refractivity contribution in [2.75, 3.05) is 0 Å². The monoisotopic (exact) mass is 175 g/mol. The molecule has 2 heterocycles. The number of hydrogen-bond donors (Lipinski definition) is 0. The van der Waals surface area contributed by atoms with Gasteiger partial charge in [-0.2, -0.15) is 0 Å². The highest BCUT2D eigenvalue weighted by Gasteiger charge is 2.05. The van der Waals surface area contributed by atoms with Crippen molar-refractivity contribution in [3.05, 3.63) is 41.4 Å². The van der Waals surface area contributed by atoms with E-state index in [2.05, 4.69) is 9.83 Å². The first-order valence-corrected chi connectivity index (χ1v) is 3.73. The molecule has 2 rings (SSSR count). The van der Waals surface area contributed by atoms with Gasteiger partial charge >= 0.3 is 0 Å². The van der Waals surface area contributed by atoms with Crippen LogP contribution in [0.1, 0.15) is 5.69 Å². The first-order valence-electron chi connectivity index (χ1n) is 3.73. The van der Waals surface area contributed by atoms with Crippen molar-refractivity contribution in [1.82, 2.24) is 9.38 Å². The van der Waals surface area contributed by atoms with Crippen LogP contribution in [-0.2, 0) is 0 Å². The van der Waals surface area contributed by atoms with Gasteiger partial charge in [0.05, 0.1) is 12.3 Å². The van der Waals surface area contributed by atoms with Crippen molar-refractivity contribution in [3.8, 4) is 0 Å². The first kappa shape index (κ1) is 7.74. The van der Waals surface area contributed by atoms with E-state index in [1.54, 1.807) is 19.3 Å². The van der Waals surface area contributed by atoms with Crippen LogP contribution in [0.5, 0.6) is 0 Å². The second kappa shape index (κ2) is 2.56. The van der Waals surface area contributed by atoms with E-state index in [0.717, 1.165) is 5.69 Å². The van der Waals surface area contributed by atoms with Crippen molar-refractivity contribution in [1.29, 1.82) is 0 Å². The van der Waals surface area contributed by atoms with E-state index < -0.39 is 5.82 Å². The molecule has 0 N–H and O–H groups in total. The summed E-state index contributed by atoms with van der Waals surface area (Å²) >= 11 is 0. The average Bonchev–Trinajstić information content (AvgIpc) is 2.46. The highest BCUT2D eigenvalue weighted by atomic mass is 19.1. The number of aryl methyl sites for hydroxylation is 1. The molecule has 0 saturated heterocycles. The number of pyridine rings is 1. The van der Waals surface area contributed by atoms with Crippen LogP contribution >= 0.6 is 0 Å². The molecule has 0 unspecified atom stereocenters. The van der Waals surface area contributed by atoms with Gasteiger partial charge < -0.3 is 4.40 Å². The normalized spacial score (nSPS) is 10.2. The second-order valence-corrected chi connectivity index (χ2v) is 2.77. The van der Waals surface area contributed by atoms with Crippen molar-refractivity contribution >= 4 is 11.3 Å². The molecule has 3 nitrogen and oxygen atoms in total. The highest BCUT2D eigenvalue weighted by Crippen LogP contribution is 2.17. The lowest BCUT2D eigenvalue weighted by molar-refractivity contribution is 0.631. The fourth-order valence-electron chi connectivity index (χ4n) is 1.23. The predicted octanol–water partition coefficient (Wildman–Crippen LogP) is 2.33. The average molecular weight is 175 g/mol. The Kier molecular flexibility index (Phi) is 1.52. The molecule has 13 heavy (non-hydrogen) atoms. The molecule has 4 heteroatoms. The number of imidazole rings is 1. The van der Waals surface area contributed by atoms with Gasteiger partial charge in [-0.3, -0.25) is 0 Å². The molecule has 0 spiro atoms. The Labute approximate surface area is 74.3 Å². The molecule has 0 aliphatic carbocycles. The van der Waals surface area contributed by atoms with Crippen molar-refractivity contribution in [2.45, 2.75) is 6.92 Å². The fourth-order valence-corrected chi connectivity index (χ4v) is 1.23. The van der Waals surface area contributed by atoms with Gasteiger partial charge in [-0.1, -0.05) is 0 Å². The third-order valence-electron chi connectivity index (χ3n) is 1.74. The largest absolute Gasteiger partial charge is 0.315 e. The molecule has 0 bridgehead atoms. The number of rotatable bonds is 0. The van der Waals surface area contributed by atoms with Crippen LogP contribution < -0.4 is 0 Å². The zero-order valence-corrected chi connectivity index (χ0v) is 6.95. The Morgan fingerprint density at radius 1 is 1.54 bits per heavy atom. The highest BCUT2D eigenvalue weighted by molar-refractivity contribution is 5.52. The van der Waals surface area contributed by atoms with Gasteiger partial charge in [0.1, 0.15) is 0 Å². The smallest absolute Gasteiger partial charge is 0.206 e. The molecule has 0 radical (unpaired) electrons. The molecule has 64 valence electrons. The van der Waals surface area contributed by atoms with Crippen LogP contribution in [0.4, 0.5) is 10.1 Å². The minimum Gasteiger partial charge on any atom is -0.315 e. The van der Waals surface area contributed by atoms with E-state index >= 15 is 0 Å². The summed E-state index contributed by atoms with van der Waals surface area (Å²) in [5, 5.41) is 0. The molecular formula is C9H6FN3. The predicted molar refractivity (Wildman–Crippen MR) is 46.1 cm³/mol. The number of nitrogens with zero attached hydrogens (tertiary/aromatic N) is 3. The Bertz CT molecular complexity index is 507. The van der Waals surface area contributed by atoms with Crippen LogP contribution in [0, 0.1) is 19.3 Å². The third-order valence-corrected chi connectivity index (χ3v) is 1.74. The third kappa shape index (κ3) is 1.14. The number of halogens is 1. The van der Waals surface area contributed by atoms with Gasteiger partial charge in [0.15, 0.2) is 11.5 Å². The topological polar surface area (TPSA) is 21.7 Å². The molecule has 0 aliphatic heterocycles. The van der Waals surface area contributed by atoms with E-state index in [-0.39, 0.29) is 11.3 Å². The fraction of sp³-hybridized carbons (Fsp3) is 0.111. The molecule has 2 aromatic rings. The van der Waals surface area contributed by atoms with Gasteiger partial charge in [-0.15, -0.1) is 0 Å². The summed E-state index contributed by atoms with van der Waals surface area (Å²) in [5.74, 6) is -0.457. The van der Waals surface area contributed by atoms with Crippen LogP contribution in [0.15, 0.2) is 18.5 Å². The quantitative estimate of drug-likeness (QED) is 0.563. The van der Waals surface area contributed by atoms with E-state index in [9.17, 15) is 4.39 Å². The van der Waals surface area contributed by atoms with Crippen LogP contribution in [-0.4, -0.2) is 9.38 Å². The zero-order chi connectivity index (χ0) is 9.42. The van der Waals surface area contributed by atoms with Crippen molar-refractivity contribution < 1.29 is 4.39 Å². The van der Waals surface area contributed by atoms with E-state index in [1.807, 2.05) is 0 Å². The molecule has 0 fully saturated rings. The SMILES string of the molecule is [C-]#[N+]c1cc(F)c2nc(C)cn2c1. The number of aromatic nitrogens is 2. The maximum atomic E-state index is 13.2. The van der Waals surface area contributed by atoms with Crippen molar-refractivity contribution in [2.24, 2.45) is 0 Å². The van der Waals surface area contributed by atoms with Gasteiger partial charge in [0.2, 0.25) is 5.69 Å². The van der Waals surface area contributed by atoms with Crippen LogP contribution in [0.3, 0.4) is 0 Å². The lowest BCUT2D eigenvalue weighted by Crippen LogP contribution is -1.86. The van der Waals surface area contributed by atoms with Crippen LogP contribution in [0.2, 0.25) is 0 Å².